The molecule has 0 fully saturated rings. The highest BCUT2D eigenvalue weighted by Gasteiger charge is 2.32. The molecule has 2 heterocycles. The van der Waals surface area contributed by atoms with Gasteiger partial charge < -0.3 is 19.3 Å². The Morgan fingerprint density at radius 3 is 2.91 bits per heavy atom. The SMILES string of the molecule is Cn1c(Oc2ccc(F)c3c2CCC3Oc2ccc3c(c2)OCC3CC(=O)O)nc2ccccc21. The largest absolute Gasteiger partial charge is 0.492 e. The molecule has 0 bridgehead atoms. The minimum Gasteiger partial charge on any atom is -0.492 e. The van der Waals surface area contributed by atoms with Crippen LogP contribution in [0.5, 0.6) is 23.3 Å². The van der Waals surface area contributed by atoms with Crippen LogP contribution >= 0.6 is 0 Å². The number of hydrogen-bond donors (Lipinski definition) is 1. The number of aliphatic carboxylic acids is 1. The van der Waals surface area contributed by atoms with Crippen molar-refractivity contribution in [2.75, 3.05) is 6.61 Å². The van der Waals surface area contributed by atoms with Crippen molar-refractivity contribution in [3.8, 4) is 23.3 Å². The lowest BCUT2D eigenvalue weighted by atomic mass is 9.98. The van der Waals surface area contributed by atoms with Crippen LogP contribution in [0.25, 0.3) is 11.0 Å². The third kappa shape index (κ3) is 3.75. The molecule has 0 radical (unpaired) electrons. The molecule has 35 heavy (non-hydrogen) atoms. The molecule has 3 aromatic carbocycles. The van der Waals surface area contributed by atoms with Gasteiger partial charge in [0.1, 0.15) is 29.2 Å². The highest BCUT2D eigenvalue weighted by Crippen LogP contribution is 2.44. The van der Waals surface area contributed by atoms with Gasteiger partial charge in [0, 0.05) is 35.7 Å². The second-order valence-electron chi connectivity index (χ2n) is 8.93. The summed E-state index contributed by atoms with van der Waals surface area (Å²) in [6.45, 7) is 0.328. The summed E-state index contributed by atoms with van der Waals surface area (Å²) in [5, 5.41) is 9.10. The molecule has 1 aliphatic heterocycles. The van der Waals surface area contributed by atoms with Crippen molar-refractivity contribution >= 4 is 17.0 Å². The van der Waals surface area contributed by atoms with Crippen LogP contribution in [0.3, 0.4) is 0 Å². The van der Waals surface area contributed by atoms with Crippen molar-refractivity contribution in [1.29, 1.82) is 0 Å². The molecular weight excluding hydrogens is 451 g/mol. The Kier molecular flexibility index (Phi) is 5.09. The number of rotatable bonds is 6. The van der Waals surface area contributed by atoms with E-state index < -0.39 is 12.1 Å². The molecule has 1 N–H and O–H groups in total. The van der Waals surface area contributed by atoms with Crippen LogP contribution in [0.2, 0.25) is 0 Å². The van der Waals surface area contributed by atoms with E-state index in [0.717, 1.165) is 22.2 Å². The zero-order valence-corrected chi connectivity index (χ0v) is 19.0. The molecule has 178 valence electrons. The second kappa shape index (κ2) is 8.30. The second-order valence-corrected chi connectivity index (χ2v) is 8.93. The fraction of sp³-hybridized carbons (Fsp3) is 0.259. The summed E-state index contributed by atoms with van der Waals surface area (Å²) in [5.74, 6) is 0.369. The van der Waals surface area contributed by atoms with Gasteiger partial charge in [0.25, 0.3) is 0 Å². The number of fused-ring (bicyclic) bond motifs is 3. The molecule has 0 saturated heterocycles. The monoisotopic (exact) mass is 474 g/mol. The molecule has 8 heteroatoms. The van der Waals surface area contributed by atoms with E-state index in [4.69, 9.17) is 19.3 Å². The van der Waals surface area contributed by atoms with Crippen LogP contribution < -0.4 is 14.2 Å². The van der Waals surface area contributed by atoms with E-state index >= 15 is 0 Å². The van der Waals surface area contributed by atoms with Gasteiger partial charge in [0.05, 0.1) is 24.1 Å². The van der Waals surface area contributed by atoms with Gasteiger partial charge in [-0.1, -0.05) is 18.2 Å². The topological polar surface area (TPSA) is 82.8 Å². The van der Waals surface area contributed by atoms with E-state index in [-0.39, 0.29) is 18.2 Å². The molecule has 0 saturated carbocycles. The number of imidazole rings is 1. The number of hydrogen-bond acceptors (Lipinski definition) is 5. The van der Waals surface area contributed by atoms with Crippen molar-refractivity contribution in [1.82, 2.24) is 9.55 Å². The number of ether oxygens (including phenoxy) is 3. The first-order chi connectivity index (χ1) is 17.0. The van der Waals surface area contributed by atoms with Crippen molar-refractivity contribution in [2.45, 2.75) is 31.3 Å². The maximum Gasteiger partial charge on any atom is 0.304 e. The van der Waals surface area contributed by atoms with Crippen molar-refractivity contribution in [3.05, 3.63) is 77.1 Å². The summed E-state index contributed by atoms with van der Waals surface area (Å²) in [5.41, 5.74) is 3.91. The van der Waals surface area contributed by atoms with E-state index in [1.807, 2.05) is 41.9 Å². The Morgan fingerprint density at radius 1 is 1.23 bits per heavy atom. The van der Waals surface area contributed by atoms with Crippen molar-refractivity contribution in [2.24, 2.45) is 7.05 Å². The molecule has 0 spiro atoms. The van der Waals surface area contributed by atoms with Gasteiger partial charge in [0.2, 0.25) is 0 Å². The first kappa shape index (κ1) is 21.5. The van der Waals surface area contributed by atoms with E-state index in [0.29, 0.717) is 48.3 Å². The molecule has 6 rings (SSSR count). The molecule has 4 aromatic rings. The third-order valence-electron chi connectivity index (χ3n) is 6.75. The summed E-state index contributed by atoms with van der Waals surface area (Å²) in [4.78, 5) is 15.7. The Morgan fingerprint density at radius 2 is 2.09 bits per heavy atom. The van der Waals surface area contributed by atoms with Crippen LogP contribution in [-0.2, 0) is 18.3 Å². The van der Waals surface area contributed by atoms with Crippen molar-refractivity contribution < 1.29 is 28.5 Å². The molecule has 7 nitrogen and oxygen atoms in total. The fourth-order valence-corrected chi connectivity index (χ4v) is 5.04. The van der Waals surface area contributed by atoms with Gasteiger partial charge >= 0.3 is 12.0 Å². The van der Waals surface area contributed by atoms with E-state index in [2.05, 4.69) is 4.98 Å². The van der Waals surface area contributed by atoms with Gasteiger partial charge in [-0.2, -0.15) is 4.98 Å². The summed E-state index contributed by atoms with van der Waals surface area (Å²) < 4.78 is 34.9. The first-order valence-corrected chi connectivity index (χ1v) is 11.5. The van der Waals surface area contributed by atoms with Gasteiger partial charge in [-0.05, 0) is 43.2 Å². The molecule has 1 aromatic heterocycles. The maximum atomic E-state index is 15.0. The van der Waals surface area contributed by atoms with Gasteiger partial charge in [-0.3, -0.25) is 9.36 Å². The van der Waals surface area contributed by atoms with Crippen LogP contribution in [0.4, 0.5) is 4.39 Å². The summed E-state index contributed by atoms with van der Waals surface area (Å²) in [7, 11) is 1.89. The van der Waals surface area contributed by atoms with Gasteiger partial charge in [-0.25, -0.2) is 4.39 Å². The van der Waals surface area contributed by atoms with E-state index in [9.17, 15) is 9.18 Å². The average molecular weight is 474 g/mol. The highest BCUT2D eigenvalue weighted by atomic mass is 19.1. The highest BCUT2D eigenvalue weighted by molar-refractivity contribution is 5.76. The Balaban J connectivity index is 1.26. The number of benzene rings is 3. The van der Waals surface area contributed by atoms with Crippen molar-refractivity contribution in [3.63, 3.8) is 0 Å². The third-order valence-corrected chi connectivity index (χ3v) is 6.75. The van der Waals surface area contributed by atoms with Crippen LogP contribution in [0.1, 0.15) is 41.6 Å². The molecule has 2 atom stereocenters. The molecule has 0 amide bonds. The lowest BCUT2D eigenvalue weighted by Gasteiger charge is -2.17. The molecule has 1 aliphatic carbocycles. The van der Waals surface area contributed by atoms with Crippen LogP contribution in [0.15, 0.2) is 54.6 Å². The zero-order valence-electron chi connectivity index (χ0n) is 19.0. The normalized spacial score (nSPS) is 18.2. The van der Waals surface area contributed by atoms with Gasteiger partial charge in [-0.15, -0.1) is 0 Å². The molecule has 2 aliphatic rings. The summed E-state index contributed by atoms with van der Waals surface area (Å²) in [6.07, 6.45) is 0.764. The minimum atomic E-state index is -0.860. The number of carboxylic acids is 1. The standard InChI is InChI=1S/C27H23FN2O5/c1-30-21-5-3-2-4-20(21)29-27(30)35-22-11-9-19(28)26-18(22)8-10-23(26)34-16-6-7-17-15(12-25(31)32)14-33-24(17)13-16/h2-7,9,11,13,15,23H,8,10,12,14H2,1H3,(H,31,32). The lowest BCUT2D eigenvalue weighted by molar-refractivity contribution is -0.137. The van der Waals surface area contributed by atoms with E-state index in [1.54, 1.807) is 18.2 Å². The summed E-state index contributed by atoms with van der Waals surface area (Å²) >= 11 is 0. The Labute approximate surface area is 200 Å². The lowest BCUT2D eigenvalue weighted by Crippen LogP contribution is -2.07. The summed E-state index contributed by atoms with van der Waals surface area (Å²) in [6, 6.07) is 16.6. The predicted molar refractivity (Wildman–Crippen MR) is 126 cm³/mol. The number of halogens is 1. The number of aromatic nitrogens is 2. The number of aryl methyl sites for hydroxylation is 1. The fourth-order valence-electron chi connectivity index (χ4n) is 5.04. The number of nitrogens with zero attached hydrogens (tertiary/aromatic N) is 2. The average Bonchev–Trinajstić information content (AvgIpc) is 3.53. The number of carboxylic acid groups (broad SMARTS) is 1. The quantitative estimate of drug-likeness (QED) is 0.396. The number of carbonyl (C=O) groups is 1. The number of para-hydroxylation sites is 2. The van der Waals surface area contributed by atoms with Crippen LogP contribution in [-0.4, -0.2) is 27.2 Å². The van der Waals surface area contributed by atoms with Gasteiger partial charge in [0.15, 0.2) is 0 Å². The zero-order chi connectivity index (χ0) is 24.1. The smallest absolute Gasteiger partial charge is 0.304 e. The minimum absolute atomic E-state index is 0.0166. The maximum absolute atomic E-state index is 15.0. The first-order valence-electron chi connectivity index (χ1n) is 11.5. The predicted octanol–water partition coefficient (Wildman–Crippen LogP) is 5.52. The Bertz CT molecular complexity index is 1460. The molecular formula is C27H23FN2O5. The van der Waals surface area contributed by atoms with E-state index in [1.165, 1.54) is 6.07 Å². The Hall–Kier alpha value is -4.07. The molecule has 2 unspecified atom stereocenters. The van der Waals surface area contributed by atoms with Crippen LogP contribution in [0, 0.1) is 5.82 Å².